The number of hydrogen-bond acceptors (Lipinski definition) is 8. The number of aromatic nitrogens is 1. The van der Waals surface area contributed by atoms with E-state index in [1.165, 1.54) is 41.6 Å². The first-order chi connectivity index (χ1) is 17.7. The first-order valence-electron chi connectivity index (χ1n) is 11.4. The van der Waals surface area contributed by atoms with Crippen molar-refractivity contribution in [2.24, 2.45) is 5.14 Å². The number of carbonyl (C=O) groups excluding carboxylic acids is 2. The minimum Gasteiger partial charge on any atom is -0.507 e. The second-order valence-corrected chi connectivity index (χ2v) is 9.58. The van der Waals surface area contributed by atoms with Gasteiger partial charge in [-0.3, -0.25) is 19.5 Å². The summed E-state index contributed by atoms with van der Waals surface area (Å²) in [5.74, 6) is -1.45. The highest BCUT2D eigenvalue weighted by Crippen LogP contribution is 2.43. The number of carbonyl (C=O) groups is 2. The van der Waals surface area contributed by atoms with Gasteiger partial charge in [0, 0.05) is 24.1 Å². The minimum atomic E-state index is -3.97. The highest BCUT2D eigenvalue weighted by molar-refractivity contribution is 7.89. The van der Waals surface area contributed by atoms with Gasteiger partial charge in [-0.05, 0) is 61.9 Å². The monoisotopic (exact) mass is 523 g/mol. The molecule has 37 heavy (non-hydrogen) atoms. The normalized spacial score (nSPS) is 17.2. The molecular formula is C26H25N3O7S. The van der Waals surface area contributed by atoms with Gasteiger partial charge < -0.3 is 14.6 Å². The Morgan fingerprint density at radius 3 is 2.35 bits per heavy atom. The van der Waals surface area contributed by atoms with Crippen LogP contribution in [0, 0.1) is 0 Å². The zero-order chi connectivity index (χ0) is 26.7. The van der Waals surface area contributed by atoms with Crippen LogP contribution in [0.25, 0.3) is 5.76 Å². The molecule has 1 aromatic heterocycles. The summed E-state index contributed by atoms with van der Waals surface area (Å²) in [4.78, 5) is 31.8. The Morgan fingerprint density at radius 2 is 1.76 bits per heavy atom. The lowest BCUT2D eigenvalue weighted by molar-refractivity contribution is -0.132. The van der Waals surface area contributed by atoms with Crippen molar-refractivity contribution < 1.29 is 32.6 Å². The summed E-state index contributed by atoms with van der Waals surface area (Å²) in [6.07, 6.45) is 3.02. The van der Waals surface area contributed by atoms with E-state index >= 15 is 0 Å². The number of nitrogens with zero attached hydrogens (tertiary/aromatic N) is 2. The lowest BCUT2D eigenvalue weighted by Crippen LogP contribution is -2.29. The number of ether oxygens (including phenoxy) is 2. The summed E-state index contributed by atoms with van der Waals surface area (Å²) < 4.78 is 34.6. The number of pyridine rings is 1. The van der Waals surface area contributed by atoms with Crippen LogP contribution in [-0.4, -0.2) is 43.4 Å². The third kappa shape index (κ3) is 5.04. The van der Waals surface area contributed by atoms with Crippen LogP contribution in [0.3, 0.4) is 0 Å². The number of primary sulfonamides is 1. The van der Waals surface area contributed by atoms with E-state index in [0.717, 1.165) is 0 Å². The molecule has 1 aliphatic rings. The molecule has 1 unspecified atom stereocenters. The molecule has 3 aromatic rings. The third-order valence-corrected chi connectivity index (χ3v) is 6.64. The van der Waals surface area contributed by atoms with E-state index < -0.39 is 33.5 Å². The number of amides is 1. The molecule has 1 saturated heterocycles. The standard InChI is InChI=1S/C26H25N3O7S/c1-3-35-18-9-12-20(21(14-18)36-4-2)24(30)22-23(16-6-5-13-28-15-16)29(26(32)25(22)31)17-7-10-19(11-8-17)37(27,33)34/h5-15,23,30H,3-4H2,1-2H3,(H2,27,33,34)/b24-22-. The van der Waals surface area contributed by atoms with E-state index in [2.05, 4.69) is 4.98 Å². The van der Waals surface area contributed by atoms with Crippen molar-refractivity contribution >= 4 is 33.2 Å². The molecule has 1 aliphatic heterocycles. The number of anilines is 1. The topological polar surface area (TPSA) is 149 Å². The van der Waals surface area contributed by atoms with Crippen LogP contribution in [0.5, 0.6) is 11.5 Å². The molecule has 1 amide bonds. The lowest BCUT2D eigenvalue weighted by atomic mass is 9.95. The van der Waals surface area contributed by atoms with Crippen molar-refractivity contribution in [2.45, 2.75) is 24.8 Å². The predicted molar refractivity (Wildman–Crippen MR) is 136 cm³/mol. The molecule has 0 saturated carbocycles. The second-order valence-electron chi connectivity index (χ2n) is 8.02. The zero-order valence-corrected chi connectivity index (χ0v) is 20.9. The van der Waals surface area contributed by atoms with Crippen molar-refractivity contribution in [3.05, 3.63) is 83.7 Å². The molecule has 4 rings (SSSR count). The molecular weight excluding hydrogens is 498 g/mol. The van der Waals surface area contributed by atoms with E-state index in [4.69, 9.17) is 14.6 Å². The summed E-state index contributed by atoms with van der Waals surface area (Å²) in [6.45, 7) is 4.32. The third-order valence-electron chi connectivity index (χ3n) is 5.71. The quantitative estimate of drug-likeness (QED) is 0.260. The molecule has 2 aromatic carbocycles. The summed E-state index contributed by atoms with van der Waals surface area (Å²) >= 11 is 0. The van der Waals surface area contributed by atoms with Crippen LogP contribution in [0.15, 0.2) is 77.5 Å². The number of benzene rings is 2. The molecule has 3 N–H and O–H groups in total. The Labute approximate surface area is 214 Å². The van der Waals surface area contributed by atoms with E-state index in [0.29, 0.717) is 17.9 Å². The average Bonchev–Trinajstić information content (AvgIpc) is 3.14. The number of hydrogen-bond donors (Lipinski definition) is 2. The van der Waals surface area contributed by atoms with Gasteiger partial charge in [0.1, 0.15) is 17.3 Å². The Bertz CT molecular complexity index is 1470. The van der Waals surface area contributed by atoms with Crippen LogP contribution in [0.1, 0.15) is 31.0 Å². The molecule has 1 fully saturated rings. The predicted octanol–water partition coefficient (Wildman–Crippen LogP) is 3.15. The van der Waals surface area contributed by atoms with E-state index in [9.17, 15) is 23.1 Å². The largest absolute Gasteiger partial charge is 0.507 e. The molecule has 192 valence electrons. The Hall–Kier alpha value is -4.22. The minimum absolute atomic E-state index is 0.151. The van der Waals surface area contributed by atoms with Gasteiger partial charge in [-0.2, -0.15) is 0 Å². The average molecular weight is 524 g/mol. The zero-order valence-electron chi connectivity index (χ0n) is 20.1. The Balaban J connectivity index is 1.91. The van der Waals surface area contributed by atoms with Gasteiger partial charge in [0.05, 0.1) is 35.3 Å². The summed E-state index contributed by atoms with van der Waals surface area (Å²) in [5.41, 5.74) is 0.738. The number of Topliss-reactive ketones (excluding diaryl/α,β-unsaturated/α-hetero) is 1. The van der Waals surface area contributed by atoms with Gasteiger partial charge in [0.15, 0.2) is 0 Å². The van der Waals surface area contributed by atoms with Crippen molar-refractivity contribution in [3.8, 4) is 11.5 Å². The van der Waals surface area contributed by atoms with Crippen molar-refractivity contribution in [2.75, 3.05) is 18.1 Å². The first kappa shape index (κ1) is 25.9. The van der Waals surface area contributed by atoms with Gasteiger partial charge in [-0.25, -0.2) is 13.6 Å². The van der Waals surface area contributed by atoms with E-state index in [1.807, 2.05) is 6.92 Å². The number of rotatable bonds is 8. The molecule has 10 nitrogen and oxygen atoms in total. The summed E-state index contributed by atoms with van der Waals surface area (Å²) in [7, 11) is -3.97. The van der Waals surface area contributed by atoms with Crippen molar-refractivity contribution in [1.82, 2.24) is 4.98 Å². The van der Waals surface area contributed by atoms with Crippen LogP contribution in [0.2, 0.25) is 0 Å². The van der Waals surface area contributed by atoms with E-state index in [1.54, 1.807) is 37.3 Å². The maximum Gasteiger partial charge on any atom is 0.300 e. The van der Waals surface area contributed by atoms with Gasteiger partial charge in [0.25, 0.3) is 11.7 Å². The molecule has 2 heterocycles. The molecule has 0 spiro atoms. The van der Waals surface area contributed by atoms with Crippen molar-refractivity contribution in [1.29, 1.82) is 0 Å². The van der Waals surface area contributed by atoms with Gasteiger partial charge in [0.2, 0.25) is 10.0 Å². The Kier molecular flexibility index (Phi) is 7.28. The van der Waals surface area contributed by atoms with Gasteiger partial charge in [-0.15, -0.1) is 0 Å². The van der Waals surface area contributed by atoms with Crippen LogP contribution >= 0.6 is 0 Å². The fourth-order valence-electron chi connectivity index (χ4n) is 4.12. The summed E-state index contributed by atoms with van der Waals surface area (Å²) in [6, 6.07) is 12.3. The smallest absolute Gasteiger partial charge is 0.300 e. The number of ketones is 1. The fourth-order valence-corrected chi connectivity index (χ4v) is 4.64. The van der Waals surface area contributed by atoms with E-state index in [-0.39, 0.29) is 34.1 Å². The molecule has 0 bridgehead atoms. The maximum absolute atomic E-state index is 13.3. The van der Waals surface area contributed by atoms with Crippen LogP contribution in [-0.2, 0) is 19.6 Å². The highest BCUT2D eigenvalue weighted by atomic mass is 32.2. The summed E-state index contributed by atoms with van der Waals surface area (Å²) in [5, 5.41) is 16.6. The lowest BCUT2D eigenvalue weighted by Gasteiger charge is -2.25. The van der Waals surface area contributed by atoms with Crippen LogP contribution in [0.4, 0.5) is 5.69 Å². The molecule has 0 radical (unpaired) electrons. The van der Waals surface area contributed by atoms with Gasteiger partial charge in [-0.1, -0.05) is 6.07 Å². The highest BCUT2D eigenvalue weighted by Gasteiger charge is 2.47. The molecule has 0 aliphatic carbocycles. The molecule has 1 atom stereocenters. The number of aliphatic hydroxyl groups is 1. The van der Waals surface area contributed by atoms with Crippen molar-refractivity contribution in [3.63, 3.8) is 0 Å². The fraction of sp³-hybridized carbons (Fsp3) is 0.192. The SMILES string of the molecule is CCOc1ccc(/C(O)=C2/C(=O)C(=O)N(c3ccc(S(N)(=O)=O)cc3)C2c2cccnc2)c(OCC)c1. The number of nitrogens with two attached hydrogens (primary N) is 1. The molecule has 11 heteroatoms. The number of sulfonamides is 1. The maximum atomic E-state index is 13.3. The van der Waals surface area contributed by atoms with Gasteiger partial charge >= 0.3 is 0 Å². The Morgan fingerprint density at radius 1 is 1.05 bits per heavy atom. The van der Waals surface area contributed by atoms with Crippen LogP contribution < -0.4 is 19.5 Å². The second kappa shape index (κ2) is 10.4. The first-order valence-corrected chi connectivity index (χ1v) is 13.0. The number of aliphatic hydroxyl groups excluding tert-OH is 1.